The molecule has 0 saturated heterocycles. The van der Waals surface area contributed by atoms with Gasteiger partial charge in [0.15, 0.2) is 17.7 Å². The third kappa shape index (κ3) is 6.90. The maximum absolute atomic E-state index is 12.0. The summed E-state index contributed by atoms with van der Waals surface area (Å²) in [6.45, 7) is 2.82. The summed E-state index contributed by atoms with van der Waals surface area (Å²) in [5, 5.41) is 3.05. The van der Waals surface area contributed by atoms with E-state index in [1.807, 2.05) is 0 Å². The number of anilines is 1. The van der Waals surface area contributed by atoms with Crippen molar-refractivity contribution in [2.45, 2.75) is 23.7 Å². The van der Waals surface area contributed by atoms with Gasteiger partial charge < -0.3 is 14.8 Å². The summed E-state index contributed by atoms with van der Waals surface area (Å²) >= 11 is 16.8. The Morgan fingerprint density at radius 1 is 0.933 bits per heavy atom. The first kappa shape index (κ1) is 24.0. The summed E-state index contributed by atoms with van der Waals surface area (Å²) in [5.74, 6) is -1.03. The Bertz CT molecular complexity index is 865. The number of esters is 1. The van der Waals surface area contributed by atoms with E-state index in [-0.39, 0.29) is 24.7 Å². The topological polar surface area (TPSA) is 81.7 Å². The number of nitrogens with one attached hydrogen (secondary N) is 1. The van der Waals surface area contributed by atoms with Crippen LogP contribution in [0.2, 0.25) is 0 Å². The second kappa shape index (κ2) is 10.7. The Morgan fingerprint density at radius 3 is 2.10 bits per heavy atom. The molecule has 0 spiro atoms. The molecule has 0 unspecified atom stereocenters. The zero-order valence-electron chi connectivity index (χ0n) is 16.3. The van der Waals surface area contributed by atoms with Crippen LogP contribution in [-0.4, -0.2) is 40.6 Å². The third-order valence-electron chi connectivity index (χ3n) is 4.02. The average molecular weight is 473 g/mol. The Hall–Kier alpha value is -2.28. The average Bonchev–Trinajstić information content (AvgIpc) is 2.69. The minimum atomic E-state index is -2.26. The van der Waals surface area contributed by atoms with E-state index in [1.54, 1.807) is 48.5 Å². The third-order valence-corrected chi connectivity index (χ3v) is 4.49. The molecule has 2 aromatic carbocycles. The standard InChI is InChI=1S/C21H20Cl3NO5/c1-13(26)16-7-3-5-9-18(16)25-11-15(30-20(28)21(22,23)24)12-29-19-10-6-4-8-17(19)14(2)27/h3-10,15,25H,11-12H2,1-2H3/t15-/m0/s1. The summed E-state index contributed by atoms with van der Waals surface area (Å²) in [6, 6.07) is 13.6. The van der Waals surface area contributed by atoms with Crippen molar-refractivity contribution in [2.24, 2.45) is 0 Å². The predicted molar refractivity (Wildman–Crippen MR) is 117 cm³/mol. The summed E-state index contributed by atoms with van der Waals surface area (Å²) < 4.78 is 8.72. The monoisotopic (exact) mass is 471 g/mol. The van der Waals surface area contributed by atoms with Crippen LogP contribution in [0.3, 0.4) is 0 Å². The van der Waals surface area contributed by atoms with Gasteiger partial charge in [0, 0.05) is 11.3 Å². The molecule has 30 heavy (non-hydrogen) atoms. The number of ketones is 2. The number of rotatable bonds is 9. The van der Waals surface area contributed by atoms with Crippen LogP contribution in [0.4, 0.5) is 5.69 Å². The number of benzene rings is 2. The van der Waals surface area contributed by atoms with Crippen molar-refractivity contribution in [3.63, 3.8) is 0 Å². The molecule has 9 heteroatoms. The first-order valence-corrected chi connectivity index (χ1v) is 10.1. The lowest BCUT2D eigenvalue weighted by atomic mass is 10.1. The van der Waals surface area contributed by atoms with Crippen molar-refractivity contribution in [3.8, 4) is 5.75 Å². The maximum atomic E-state index is 12.0. The van der Waals surface area contributed by atoms with Gasteiger partial charge in [-0.2, -0.15) is 0 Å². The summed E-state index contributed by atoms with van der Waals surface area (Å²) in [5.41, 5.74) is 1.43. The fourth-order valence-electron chi connectivity index (χ4n) is 2.59. The Balaban J connectivity index is 2.16. The van der Waals surface area contributed by atoms with Crippen molar-refractivity contribution in [2.75, 3.05) is 18.5 Å². The number of carbonyl (C=O) groups excluding carboxylic acids is 3. The fraction of sp³-hybridized carbons (Fsp3) is 0.286. The van der Waals surface area contributed by atoms with Gasteiger partial charge >= 0.3 is 5.97 Å². The molecule has 0 aliphatic heterocycles. The van der Waals surface area contributed by atoms with Crippen molar-refractivity contribution in [1.82, 2.24) is 0 Å². The normalized spacial score (nSPS) is 12.0. The maximum Gasteiger partial charge on any atom is 0.359 e. The van der Waals surface area contributed by atoms with Crippen LogP contribution in [0.15, 0.2) is 48.5 Å². The molecule has 1 atom stereocenters. The Labute approximate surface area is 189 Å². The van der Waals surface area contributed by atoms with E-state index in [0.29, 0.717) is 22.6 Å². The molecule has 0 aliphatic rings. The van der Waals surface area contributed by atoms with E-state index in [4.69, 9.17) is 44.3 Å². The lowest BCUT2D eigenvalue weighted by molar-refractivity contribution is -0.148. The van der Waals surface area contributed by atoms with Gasteiger partial charge in [0.1, 0.15) is 12.4 Å². The van der Waals surface area contributed by atoms with E-state index in [9.17, 15) is 14.4 Å². The highest BCUT2D eigenvalue weighted by molar-refractivity contribution is 6.75. The van der Waals surface area contributed by atoms with Gasteiger partial charge in [0.25, 0.3) is 3.79 Å². The van der Waals surface area contributed by atoms with Crippen LogP contribution < -0.4 is 10.1 Å². The van der Waals surface area contributed by atoms with E-state index >= 15 is 0 Å². The van der Waals surface area contributed by atoms with Gasteiger partial charge in [-0.05, 0) is 38.1 Å². The highest BCUT2D eigenvalue weighted by Crippen LogP contribution is 2.28. The lowest BCUT2D eigenvalue weighted by Gasteiger charge is -2.22. The molecule has 0 radical (unpaired) electrons. The zero-order chi connectivity index (χ0) is 22.3. The van der Waals surface area contributed by atoms with E-state index in [2.05, 4.69) is 5.32 Å². The molecule has 0 bridgehead atoms. The molecular weight excluding hydrogens is 453 g/mol. The second-order valence-electron chi connectivity index (χ2n) is 6.37. The lowest BCUT2D eigenvalue weighted by Crippen LogP contribution is -2.36. The van der Waals surface area contributed by atoms with Crippen LogP contribution in [0, 0.1) is 0 Å². The molecule has 0 heterocycles. The number of carbonyl (C=O) groups is 3. The molecule has 0 saturated carbocycles. The van der Waals surface area contributed by atoms with Crippen molar-refractivity contribution >= 4 is 58.0 Å². The first-order valence-electron chi connectivity index (χ1n) is 8.94. The van der Waals surface area contributed by atoms with Crippen LogP contribution in [0.5, 0.6) is 5.75 Å². The molecule has 0 fully saturated rings. The van der Waals surface area contributed by atoms with Gasteiger partial charge in [-0.3, -0.25) is 9.59 Å². The van der Waals surface area contributed by atoms with Gasteiger partial charge in [-0.1, -0.05) is 59.1 Å². The van der Waals surface area contributed by atoms with Crippen molar-refractivity contribution in [3.05, 3.63) is 59.7 Å². The molecule has 0 aliphatic carbocycles. The molecule has 2 rings (SSSR count). The predicted octanol–water partition coefficient (Wildman–Crippen LogP) is 4.86. The van der Waals surface area contributed by atoms with E-state index < -0.39 is 15.9 Å². The van der Waals surface area contributed by atoms with Crippen LogP contribution in [0.25, 0.3) is 0 Å². The van der Waals surface area contributed by atoms with E-state index in [1.165, 1.54) is 13.8 Å². The van der Waals surface area contributed by atoms with Gasteiger partial charge in [-0.25, -0.2) is 4.79 Å². The second-order valence-corrected chi connectivity index (χ2v) is 8.65. The summed E-state index contributed by atoms with van der Waals surface area (Å²) in [4.78, 5) is 35.6. The minimum Gasteiger partial charge on any atom is -0.489 e. The summed E-state index contributed by atoms with van der Waals surface area (Å²) in [7, 11) is 0. The SMILES string of the molecule is CC(=O)c1ccccc1NC[C@@H](COc1ccccc1C(C)=O)OC(=O)C(Cl)(Cl)Cl. The molecule has 2 aromatic rings. The molecule has 0 amide bonds. The van der Waals surface area contributed by atoms with Crippen LogP contribution in [-0.2, 0) is 9.53 Å². The van der Waals surface area contributed by atoms with Gasteiger partial charge in [-0.15, -0.1) is 0 Å². The molecule has 160 valence electrons. The molecular formula is C21H20Cl3NO5. The quantitative estimate of drug-likeness (QED) is 0.319. The number of para-hydroxylation sites is 2. The first-order chi connectivity index (χ1) is 14.1. The van der Waals surface area contributed by atoms with Gasteiger partial charge in [0.2, 0.25) is 0 Å². The number of alkyl halides is 3. The van der Waals surface area contributed by atoms with E-state index in [0.717, 1.165) is 0 Å². The largest absolute Gasteiger partial charge is 0.489 e. The number of halogens is 3. The Morgan fingerprint density at radius 2 is 1.50 bits per heavy atom. The highest BCUT2D eigenvalue weighted by Gasteiger charge is 2.35. The number of ether oxygens (including phenoxy) is 2. The zero-order valence-corrected chi connectivity index (χ0v) is 18.6. The molecule has 1 N–H and O–H groups in total. The van der Waals surface area contributed by atoms with Crippen molar-refractivity contribution in [1.29, 1.82) is 0 Å². The Kier molecular flexibility index (Phi) is 8.53. The van der Waals surface area contributed by atoms with Crippen molar-refractivity contribution < 1.29 is 23.9 Å². The molecule has 0 aromatic heterocycles. The smallest absolute Gasteiger partial charge is 0.359 e. The van der Waals surface area contributed by atoms with Crippen LogP contribution in [0.1, 0.15) is 34.6 Å². The number of hydrogen-bond donors (Lipinski definition) is 1. The fourth-order valence-corrected chi connectivity index (χ4v) is 2.72. The highest BCUT2D eigenvalue weighted by atomic mass is 35.6. The summed E-state index contributed by atoms with van der Waals surface area (Å²) in [6.07, 6.45) is -0.881. The number of Topliss-reactive ketones (excluding diaryl/α,β-unsaturated/α-hetero) is 2. The van der Waals surface area contributed by atoms with Crippen LogP contribution >= 0.6 is 34.8 Å². The molecule has 6 nitrogen and oxygen atoms in total. The number of hydrogen-bond acceptors (Lipinski definition) is 6. The van der Waals surface area contributed by atoms with Gasteiger partial charge in [0.05, 0.1) is 12.1 Å². The minimum absolute atomic E-state index is 0.0685.